The van der Waals surface area contributed by atoms with Crippen molar-refractivity contribution in [3.8, 4) is 0 Å². The molecule has 0 bridgehead atoms. The number of fused-ring (bicyclic) bond motifs is 1. The van der Waals surface area contributed by atoms with E-state index in [1.165, 1.54) is 18.6 Å². The van der Waals surface area contributed by atoms with Crippen LogP contribution in [0.5, 0.6) is 0 Å². The fourth-order valence-electron chi connectivity index (χ4n) is 2.04. The SMILES string of the molecule is Cc1ccc(Nc2c(C(N)=O)ncc3cncn23)c(F)c1. The minimum absolute atomic E-state index is 0.0143. The molecule has 3 rings (SSSR count). The second kappa shape index (κ2) is 4.86. The molecule has 1 amide bonds. The van der Waals surface area contributed by atoms with Gasteiger partial charge in [-0.3, -0.25) is 9.20 Å². The van der Waals surface area contributed by atoms with Crippen LogP contribution in [-0.4, -0.2) is 20.3 Å². The van der Waals surface area contributed by atoms with Crippen molar-refractivity contribution in [1.29, 1.82) is 0 Å². The van der Waals surface area contributed by atoms with E-state index in [-0.39, 0.29) is 17.2 Å². The lowest BCUT2D eigenvalue weighted by Gasteiger charge is -2.12. The summed E-state index contributed by atoms with van der Waals surface area (Å²) < 4.78 is 15.6. The number of aromatic nitrogens is 3. The zero-order chi connectivity index (χ0) is 15.0. The number of carbonyl (C=O) groups excluding carboxylic acids is 1. The number of benzene rings is 1. The molecule has 0 saturated heterocycles. The van der Waals surface area contributed by atoms with E-state index in [1.54, 1.807) is 29.7 Å². The summed E-state index contributed by atoms with van der Waals surface area (Å²) >= 11 is 0. The largest absolute Gasteiger partial charge is 0.364 e. The number of amides is 1. The molecule has 0 aliphatic rings. The molecule has 0 unspecified atom stereocenters. The summed E-state index contributed by atoms with van der Waals surface area (Å²) in [6.07, 6.45) is 4.55. The Balaban J connectivity index is 2.16. The van der Waals surface area contributed by atoms with Gasteiger partial charge in [-0.2, -0.15) is 0 Å². The van der Waals surface area contributed by atoms with Crippen LogP contribution in [0.1, 0.15) is 16.1 Å². The summed E-state index contributed by atoms with van der Waals surface area (Å²) in [6, 6.07) is 4.75. The van der Waals surface area contributed by atoms with Crippen LogP contribution in [0.15, 0.2) is 36.9 Å². The molecule has 0 atom stereocenters. The maximum absolute atomic E-state index is 14.0. The number of carbonyl (C=O) groups is 1. The summed E-state index contributed by atoms with van der Waals surface area (Å²) in [7, 11) is 0. The van der Waals surface area contributed by atoms with Gasteiger partial charge in [-0.25, -0.2) is 14.4 Å². The highest BCUT2D eigenvalue weighted by molar-refractivity contribution is 5.96. The van der Waals surface area contributed by atoms with Crippen molar-refractivity contribution >= 4 is 22.9 Å². The quantitative estimate of drug-likeness (QED) is 0.771. The molecule has 0 saturated carbocycles. The van der Waals surface area contributed by atoms with Gasteiger partial charge < -0.3 is 11.1 Å². The molecule has 0 aliphatic carbocycles. The summed E-state index contributed by atoms with van der Waals surface area (Å²) in [4.78, 5) is 19.5. The maximum atomic E-state index is 14.0. The van der Waals surface area contributed by atoms with Gasteiger partial charge in [0.15, 0.2) is 5.69 Å². The van der Waals surface area contributed by atoms with Crippen LogP contribution in [0.4, 0.5) is 15.9 Å². The van der Waals surface area contributed by atoms with E-state index in [2.05, 4.69) is 15.3 Å². The summed E-state index contributed by atoms with van der Waals surface area (Å²) in [6.45, 7) is 1.79. The molecule has 0 aliphatic heterocycles. The molecule has 2 aromatic heterocycles. The van der Waals surface area contributed by atoms with Crippen LogP contribution >= 0.6 is 0 Å². The van der Waals surface area contributed by atoms with E-state index in [4.69, 9.17) is 5.73 Å². The molecule has 21 heavy (non-hydrogen) atoms. The number of primary amides is 1. The van der Waals surface area contributed by atoms with Gasteiger partial charge >= 0.3 is 0 Å². The number of nitrogens with two attached hydrogens (primary N) is 1. The number of imidazole rings is 1. The molecule has 0 radical (unpaired) electrons. The van der Waals surface area contributed by atoms with Gasteiger partial charge in [-0.1, -0.05) is 6.07 Å². The van der Waals surface area contributed by atoms with Gasteiger partial charge in [0.05, 0.1) is 23.6 Å². The van der Waals surface area contributed by atoms with Crippen LogP contribution < -0.4 is 11.1 Å². The first kappa shape index (κ1) is 13.0. The highest BCUT2D eigenvalue weighted by Crippen LogP contribution is 2.23. The summed E-state index contributed by atoms with van der Waals surface area (Å²) in [5.74, 6) is -0.858. The molecule has 0 spiro atoms. The number of hydrogen-bond donors (Lipinski definition) is 2. The monoisotopic (exact) mass is 285 g/mol. The lowest BCUT2D eigenvalue weighted by atomic mass is 10.2. The van der Waals surface area contributed by atoms with Gasteiger partial charge in [-0.05, 0) is 24.6 Å². The lowest BCUT2D eigenvalue weighted by molar-refractivity contribution is 0.0996. The van der Waals surface area contributed by atoms with Crippen LogP contribution in [0.25, 0.3) is 5.52 Å². The molecule has 3 aromatic rings. The van der Waals surface area contributed by atoms with Crippen molar-refractivity contribution < 1.29 is 9.18 Å². The Hall–Kier alpha value is -2.96. The average Bonchev–Trinajstić information content (AvgIpc) is 2.90. The number of halogens is 1. The van der Waals surface area contributed by atoms with Crippen molar-refractivity contribution in [2.24, 2.45) is 5.73 Å². The summed E-state index contributed by atoms with van der Waals surface area (Å²) in [5, 5.41) is 2.86. The Morgan fingerprint density at radius 2 is 2.19 bits per heavy atom. The Bertz CT molecular complexity index is 842. The van der Waals surface area contributed by atoms with Crippen molar-refractivity contribution in [2.75, 3.05) is 5.32 Å². The minimum Gasteiger partial charge on any atom is -0.364 e. The molecule has 1 aromatic carbocycles. The van der Waals surface area contributed by atoms with Gasteiger partial charge in [0.25, 0.3) is 5.91 Å². The molecule has 106 valence electrons. The number of anilines is 2. The molecule has 6 nitrogen and oxygen atoms in total. The predicted octanol–water partition coefficient (Wildman–Crippen LogP) is 2.02. The van der Waals surface area contributed by atoms with Crippen molar-refractivity contribution in [2.45, 2.75) is 6.92 Å². The molecule has 2 heterocycles. The van der Waals surface area contributed by atoms with Gasteiger partial charge in [0, 0.05) is 0 Å². The molecular formula is C14H12FN5O. The number of nitrogens with one attached hydrogen (secondary N) is 1. The average molecular weight is 285 g/mol. The fourth-order valence-corrected chi connectivity index (χ4v) is 2.04. The minimum atomic E-state index is -0.708. The van der Waals surface area contributed by atoms with Crippen LogP contribution in [0, 0.1) is 12.7 Å². The van der Waals surface area contributed by atoms with Crippen molar-refractivity contribution in [1.82, 2.24) is 14.4 Å². The number of rotatable bonds is 3. The van der Waals surface area contributed by atoms with Crippen LogP contribution in [0.2, 0.25) is 0 Å². The van der Waals surface area contributed by atoms with Crippen LogP contribution in [-0.2, 0) is 0 Å². The third kappa shape index (κ3) is 2.29. The van der Waals surface area contributed by atoms with E-state index in [1.807, 2.05) is 0 Å². The van der Waals surface area contributed by atoms with E-state index < -0.39 is 11.7 Å². The third-order valence-electron chi connectivity index (χ3n) is 3.07. The zero-order valence-electron chi connectivity index (χ0n) is 11.2. The smallest absolute Gasteiger partial charge is 0.271 e. The van der Waals surface area contributed by atoms with E-state index in [0.717, 1.165) is 5.56 Å². The Kier molecular flexibility index (Phi) is 3.02. The molecule has 7 heteroatoms. The predicted molar refractivity (Wildman–Crippen MR) is 75.9 cm³/mol. The lowest BCUT2D eigenvalue weighted by Crippen LogP contribution is -2.17. The van der Waals surface area contributed by atoms with E-state index >= 15 is 0 Å². The van der Waals surface area contributed by atoms with Crippen LogP contribution in [0.3, 0.4) is 0 Å². The normalized spacial score (nSPS) is 10.8. The van der Waals surface area contributed by atoms with E-state index in [0.29, 0.717) is 5.52 Å². The second-order valence-corrected chi connectivity index (χ2v) is 4.62. The summed E-state index contributed by atoms with van der Waals surface area (Å²) in [5.41, 5.74) is 7.02. The van der Waals surface area contributed by atoms with Gasteiger partial charge in [-0.15, -0.1) is 0 Å². The number of hydrogen-bond acceptors (Lipinski definition) is 4. The fraction of sp³-hybridized carbons (Fsp3) is 0.0714. The molecular weight excluding hydrogens is 273 g/mol. The highest BCUT2D eigenvalue weighted by Gasteiger charge is 2.15. The topological polar surface area (TPSA) is 85.3 Å². The first-order valence-corrected chi connectivity index (χ1v) is 6.20. The number of aryl methyl sites for hydroxylation is 1. The molecule has 0 fully saturated rings. The van der Waals surface area contributed by atoms with Crippen molar-refractivity contribution in [3.63, 3.8) is 0 Å². The van der Waals surface area contributed by atoms with Gasteiger partial charge in [0.1, 0.15) is 18.0 Å². The first-order valence-electron chi connectivity index (χ1n) is 6.20. The highest BCUT2D eigenvalue weighted by atomic mass is 19.1. The Morgan fingerprint density at radius 3 is 2.90 bits per heavy atom. The van der Waals surface area contributed by atoms with Gasteiger partial charge in [0.2, 0.25) is 0 Å². The Labute approximate surface area is 119 Å². The third-order valence-corrected chi connectivity index (χ3v) is 3.07. The zero-order valence-corrected chi connectivity index (χ0v) is 11.2. The molecule has 3 N–H and O–H groups in total. The standard InChI is InChI=1S/C14H12FN5O/c1-8-2-3-11(10(15)4-8)19-14-12(13(16)21)18-6-9-5-17-7-20(9)14/h2-7,19H,1H3,(H2,16,21). The van der Waals surface area contributed by atoms with Crippen molar-refractivity contribution in [3.05, 3.63) is 54.0 Å². The second-order valence-electron chi connectivity index (χ2n) is 4.62. The Morgan fingerprint density at radius 1 is 1.38 bits per heavy atom. The number of nitrogens with zero attached hydrogens (tertiary/aromatic N) is 3. The maximum Gasteiger partial charge on any atom is 0.271 e. The van der Waals surface area contributed by atoms with E-state index in [9.17, 15) is 9.18 Å². The first-order chi connectivity index (χ1) is 10.1.